The van der Waals surface area contributed by atoms with Gasteiger partial charge in [0, 0.05) is 0 Å². The number of aromatic amines is 1. The van der Waals surface area contributed by atoms with Crippen LogP contribution in [-0.4, -0.2) is 36.6 Å². The van der Waals surface area contributed by atoms with Crippen LogP contribution in [0.2, 0.25) is 39.3 Å². The van der Waals surface area contributed by atoms with Gasteiger partial charge < -0.3 is 13.8 Å². The fourth-order valence-electron chi connectivity index (χ4n) is 1.58. The van der Waals surface area contributed by atoms with Gasteiger partial charge in [-0.3, -0.25) is 0 Å². The SMILES string of the molecule is C[Si](C)(C)OCc1nc2ncnc(O[Si](C)(C)C)c2[nH]1. The Bertz CT molecular complexity index is 602. The molecular formula is C12H22N4O2Si2. The number of H-pyrrole nitrogens is 1. The molecule has 0 amide bonds. The Balaban J connectivity index is 2.27. The van der Waals surface area contributed by atoms with E-state index in [0.29, 0.717) is 18.1 Å². The van der Waals surface area contributed by atoms with Crippen LogP contribution in [0, 0.1) is 0 Å². The number of hydrogen-bond acceptors (Lipinski definition) is 5. The zero-order valence-corrected chi connectivity index (χ0v) is 14.9. The molecule has 8 heteroatoms. The maximum Gasteiger partial charge on any atom is 0.244 e. The number of fused-ring (bicyclic) bond motifs is 1. The van der Waals surface area contributed by atoms with Crippen molar-refractivity contribution in [1.29, 1.82) is 0 Å². The number of nitrogens with zero attached hydrogens (tertiary/aromatic N) is 3. The lowest BCUT2D eigenvalue weighted by Gasteiger charge is -2.17. The lowest BCUT2D eigenvalue weighted by atomic mass is 10.5. The van der Waals surface area contributed by atoms with Crippen LogP contribution >= 0.6 is 0 Å². The van der Waals surface area contributed by atoms with Gasteiger partial charge in [0.05, 0.1) is 6.61 Å². The second kappa shape index (κ2) is 5.26. The summed E-state index contributed by atoms with van der Waals surface area (Å²) < 4.78 is 11.8. The lowest BCUT2D eigenvalue weighted by Crippen LogP contribution is -2.29. The molecule has 6 nitrogen and oxygen atoms in total. The summed E-state index contributed by atoms with van der Waals surface area (Å²) in [5.41, 5.74) is 1.38. The molecule has 0 atom stereocenters. The predicted molar refractivity (Wildman–Crippen MR) is 83.8 cm³/mol. The smallest absolute Gasteiger partial charge is 0.244 e. The highest BCUT2D eigenvalue weighted by Gasteiger charge is 2.21. The third-order valence-corrected chi connectivity index (χ3v) is 4.16. The van der Waals surface area contributed by atoms with E-state index in [4.69, 9.17) is 8.85 Å². The van der Waals surface area contributed by atoms with Crippen molar-refractivity contribution in [2.24, 2.45) is 0 Å². The van der Waals surface area contributed by atoms with E-state index in [1.807, 2.05) is 0 Å². The third-order valence-electron chi connectivity index (χ3n) is 2.35. The molecule has 0 bridgehead atoms. The van der Waals surface area contributed by atoms with Crippen LogP contribution in [0.15, 0.2) is 6.33 Å². The van der Waals surface area contributed by atoms with Crippen LogP contribution in [0.25, 0.3) is 11.2 Å². The van der Waals surface area contributed by atoms with Crippen LogP contribution in [0.3, 0.4) is 0 Å². The molecule has 0 aliphatic rings. The molecule has 0 radical (unpaired) electrons. The third kappa shape index (κ3) is 4.12. The summed E-state index contributed by atoms with van der Waals surface area (Å²) in [6.45, 7) is 13.3. The van der Waals surface area contributed by atoms with Gasteiger partial charge in [-0.15, -0.1) is 0 Å². The summed E-state index contributed by atoms with van der Waals surface area (Å²) in [6.07, 6.45) is 1.49. The van der Waals surface area contributed by atoms with Gasteiger partial charge in [-0.1, -0.05) is 0 Å². The highest BCUT2D eigenvalue weighted by Crippen LogP contribution is 2.22. The minimum absolute atomic E-state index is 0.471. The average molecular weight is 311 g/mol. The van der Waals surface area contributed by atoms with E-state index in [1.165, 1.54) is 6.33 Å². The first-order valence-electron chi connectivity index (χ1n) is 6.67. The molecule has 110 valence electrons. The van der Waals surface area contributed by atoms with Gasteiger partial charge >= 0.3 is 0 Å². The summed E-state index contributed by atoms with van der Waals surface area (Å²) in [7, 11) is -3.28. The molecule has 0 unspecified atom stereocenters. The van der Waals surface area contributed by atoms with Crippen LogP contribution in [-0.2, 0) is 11.0 Å². The molecule has 0 aliphatic carbocycles. The van der Waals surface area contributed by atoms with Gasteiger partial charge in [-0.25, -0.2) is 15.0 Å². The normalized spacial score (nSPS) is 12.9. The van der Waals surface area contributed by atoms with E-state index in [0.717, 1.165) is 11.3 Å². The van der Waals surface area contributed by atoms with Gasteiger partial charge in [0.1, 0.15) is 17.7 Å². The van der Waals surface area contributed by atoms with E-state index in [9.17, 15) is 0 Å². The first kappa shape index (κ1) is 15.1. The fourth-order valence-corrected chi connectivity index (χ4v) is 2.88. The molecule has 0 fully saturated rings. The second-order valence-electron chi connectivity index (χ2n) is 6.68. The maximum atomic E-state index is 5.96. The maximum absolute atomic E-state index is 5.96. The van der Waals surface area contributed by atoms with Gasteiger partial charge in [0.25, 0.3) is 0 Å². The monoisotopic (exact) mass is 310 g/mol. The fraction of sp³-hybridized carbons (Fsp3) is 0.583. The highest BCUT2D eigenvalue weighted by atomic mass is 28.4. The first-order chi connectivity index (χ1) is 9.14. The van der Waals surface area contributed by atoms with Crippen molar-refractivity contribution < 1.29 is 8.85 Å². The quantitative estimate of drug-likeness (QED) is 0.860. The van der Waals surface area contributed by atoms with Crippen molar-refractivity contribution >= 4 is 27.8 Å². The van der Waals surface area contributed by atoms with Crippen molar-refractivity contribution in [2.75, 3.05) is 0 Å². The van der Waals surface area contributed by atoms with E-state index in [2.05, 4.69) is 59.2 Å². The largest absolute Gasteiger partial charge is 0.530 e. The molecule has 20 heavy (non-hydrogen) atoms. The number of rotatable bonds is 5. The predicted octanol–water partition coefficient (Wildman–Crippen LogP) is 2.92. The number of hydrogen-bond donors (Lipinski definition) is 1. The molecule has 0 aromatic carbocycles. The van der Waals surface area contributed by atoms with Gasteiger partial charge in [0.15, 0.2) is 14.0 Å². The Morgan fingerprint density at radius 3 is 2.35 bits per heavy atom. The Morgan fingerprint density at radius 1 is 1.05 bits per heavy atom. The highest BCUT2D eigenvalue weighted by molar-refractivity contribution is 6.70. The van der Waals surface area contributed by atoms with Gasteiger partial charge in [-0.05, 0) is 39.3 Å². The number of aromatic nitrogens is 4. The molecular weight excluding hydrogens is 288 g/mol. The minimum atomic E-state index is -1.72. The van der Waals surface area contributed by atoms with Crippen LogP contribution in [0.1, 0.15) is 5.82 Å². The molecule has 0 saturated heterocycles. The van der Waals surface area contributed by atoms with Gasteiger partial charge in [-0.2, -0.15) is 0 Å². The van der Waals surface area contributed by atoms with Gasteiger partial charge in [0.2, 0.25) is 14.2 Å². The molecule has 1 N–H and O–H groups in total. The summed E-state index contributed by atoms with van der Waals surface area (Å²) >= 11 is 0. The molecule has 2 aromatic rings. The number of imidazole rings is 1. The van der Waals surface area contributed by atoms with Crippen molar-refractivity contribution in [1.82, 2.24) is 19.9 Å². The molecule has 0 saturated carbocycles. The minimum Gasteiger partial charge on any atom is -0.530 e. The van der Waals surface area contributed by atoms with E-state index >= 15 is 0 Å². The Labute approximate surface area is 121 Å². The summed E-state index contributed by atoms with van der Waals surface area (Å²) in [6, 6.07) is 0. The number of nitrogens with one attached hydrogen (secondary N) is 1. The van der Waals surface area contributed by atoms with Crippen molar-refractivity contribution in [2.45, 2.75) is 45.9 Å². The van der Waals surface area contributed by atoms with E-state index < -0.39 is 16.6 Å². The summed E-state index contributed by atoms with van der Waals surface area (Å²) in [5.74, 6) is 1.35. The topological polar surface area (TPSA) is 72.9 Å². The Hall–Kier alpha value is -1.26. The molecule has 0 aliphatic heterocycles. The van der Waals surface area contributed by atoms with Crippen LogP contribution in [0.5, 0.6) is 5.88 Å². The molecule has 2 rings (SSSR count). The summed E-state index contributed by atoms with van der Waals surface area (Å²) in [4.78, 5) is 16.0. The standard InChI is InChI=1S/C12H22N4O2Si2/c1-19(2,3)17-7-9-15-10-11(16-9)13-8-14-12(10)18-20(4,5)6/h8H,7H2,1-6H3,(H,13,14,15,16). The zero-order chi connectivity index (χ0) is 15.0. The average Bonchev–Trinajstić information content (AvgIpc) is 2.67. The molecule has 2 aromatic heterocycles. The van der Waals surface area contributed by atoms with Crippen LogP contribution in [0.4, 0.5) is 0 Å². The van der Waals surface area contributed by atoms with E-state index in [-0.39, 0.29) is 0 Å². The summed E-state index contributed by atoms with van der Waals surface area (Å²) in [5, 5.41) is 0. The zero-order valence-electron chi connectivity index (χ0n) is 12.9. The second-order valence-corrected chi connectivity index (χ2v) is 15.6. The van der Waals surface area contributed by atoms with Crippen molar-refractivity contribution in [3.63, 3.8) is 0 Å². The molecule has 2 heterocycles. The lowest BCUT2D eigenvalue weighted by molar-refractivity contribution is 0.290. The molecule has 0 spiro atoms. The van der Waals surface area contributed by atoms with Crippen molar-refractivity contribution in [3.05, 3.63) is 12.2 Å². The van der Waals surface area contributed by atoms with Crippen molar-refractivity contribution in [3.8, 4) is 5.88 Å². The van der Waals surface area contributed by atoms with Crippen LogP contribution < -0.4 is 4.43 Å². The Kier molecular flexibility index (Phi) is 3.98. The van der Waals surface area contributed by atoms with E-state index in [1.54, 1.807) is 0 Å². The first-order valence-corrected chi connectivity index (χ1v) is 13.5. The Morgan fingerprint density at radius 2 is 1.75 bits per heavy atom.